The molecule has 2 N–H and O–H groups in total. The molecule has 0 bridgehead atoms. The van der Waals surface area contributed by atoms with Crippen LogP contribution in [0.3, 0.4) is 0 Å². The van der Waals surface area contributed by atoms with Gasteiger partial charge < -0.3 is 10.6 Å². The zero-order chi connectivity index (χ0) is 9.10. The molecule has 0 amide bonds. The van der Waals surface area contributed by atoms with Gasteiger partial charge in [-0.3, -0.25) is 4.99 Å². The summed E-state index contributed by atoms with van der Waals surface area (Å²) in [6, 6.07) is 0.638. The fourth-order valence-electron chi connectivity index (χ4n) is 2.04. The van der Waals surface area contributed by atoms with Crippen LogP contribution in [0.15, 0.2) is 4.99 Å². The lowest BCUT2D eigenvalue weighted by Crippen LogP contribution is -2.43. The van der Waals surface area contributed by atoms with Gasteiger partial charge in [-0.05, 0) is 19.1 Å². The van der Waals surface area contributed by atoms with E-state index in [-0.39, 0.29) is 0 Å². The third-order valence-electron chi connectivity index (χ3n) is 2.75. The molecule has 0 aromatic rings. The Hall–Kier alpha value is -0.380. The molecule has 0 spiro atoms. The quantitative estimate of drug-likeness (QED) is 0.691. The number of rotatable bonds is 2. The lowest BCUT2D eigenvalue weighted by molar-refractivity contribution is 0.633. The maximum atomic E-state index is 4.35. The van der Waals surface area contributed by atoms with Gasteiger partial charge in [-0.15, -0.1) is 0 Å². The molecule has 3 nitrogen and oxygen atoms in total. The summed E-state index contributed by atoms with van der Waals surface area (Å²) >= 11 is 1.98. The Morgan fingerprint density at radius 3 is 3.15 bits per heavy atom. The van der Waals surface area contributed by atoms with Crippen LogP contribution in [-0.4, -0.2) is 36.6 Å². The van der Waals surface area contributed by atoms with Crippen molar-refractivity contribution in [2.24, 2.45) is 4.99 Å². The highest BCUT2D eigenvalue weighted by Gasteiger charge is 2.27. The van der Waals surface area contributed by atoms with E-state index < -0.39 is 0 Å². The van der Waals surface area contributed by atoms with Gasteiger partial charge in [-0.25, -0.2) is 0 Å². The lowest BCUT2D eigenvalue weighted by Gasteiger charge is -2.19. The van der Waals surface area contributed by atoms with E-state index in [2.05, 4.69) is 21.9 Å². The minimum absolute atomic E-state index is 0.638. The minimum Gasteiger partial charge on any atom is -0.355 e. The number of guanidine groups is 1. The summed E-state index contributed by atoms with van der Waals surface area (Å²) in [5.74, 6) is 1.02. The van der Waals surface area contributed by atoms with E-state index >= 15 is 0 Å². The summed E-state index contributed by atoms with van der Waals surface area (Å²) in [5, 5.41) is 7.54. The van der Waals surface area contributed by atoms with Gasteiger partial charge in [0.1, 0.15) is 0 Å². The van der Waals surface area contributed by atoms with Gasteiger partial charge in [0.2, 0.25) is 0 Å². The standard InChI is InChI=1S/C9H17N3S/c1-13-8-4-2-3-7(8)12-9-10-5-6-11-9/h7-8H,2-6H2,1H3,(H2,10,11,12). The Balaban J connectivity index is 1.86. The smallest absolute Gasteiger partial charge is 0.191 e. The Morgan fingerprint density at radius 1 is 1.54 bits per heavy atom. The number of thioether (sulfide) groups is 1. The second-order valence-electron chi connectivity index (χ2n) is 3.61. The zero-order valence-electron chi connectivity index (χ0n) is 8.05. The first-order valence-corrected chi connectivity index (χ1v) is 6.26. The second-order valence-corrected chi connectivity index (χ2v) is 4.69. The Labute approximate surface area is 83.8 Å². The van der Waals surface area contributed by atoms with Crippen molar-refractivity contribution in [1.29, 1.82) is 0 Å². The van der Waals surface area contributed by atoms with Crippen molar-refractivity contribution in [3.8, 4) is 0 Å². The molecule has 2 atom stereocenters. The van der Waals surface area contributed by atoms with E-state index in [1.807, 2.05) is 11.8 Å². The van der Waals surface area contributed by atoms with Crippen molar-refractivity contribution in [2.45, 2.75) is 30.6 Å². The van der Waals surface area contributed by atoms with E-state index in [0.717, 1.165) is 24.3 Å². The van der Waals surface area contributed by atoms with Crippen molar-refractivity contribution in [2.75, 3.05) is 19.3 Å². The molecule has 2 rings (SSSR count). The van der Waals surface area contributed by atoms with Crippen LogP contribution in [0.5, 0.6) is 0 Å². The lowest BCUT2D eigenvalue weighted by atomic mass is 10.2. The fraction of sp³-hybridized carbons (Fsp3) is 0.889. The highest BCUT2D eigenvalue weighted by Crippen LogP contribution is 2.28. The normalized spacial score (nSPS) is 32.8. The van der Waals surface area contributed by atoms with Crippen molar-refractivity contribution < 1.29 is 0 Å². The van der Waals surface area contributed by atoms with Gasteiger partial charge in [-0.1, -0.05) is 6.42 Å². The highest BCUT2D eigenvalue weighted by molar-refractivity contribution is 7.99. The Kier molecular flexibility index (Phi) is 2.98. The Morgan fingerprint density at radius 2 is 2.46 bits per heavy atom. The number of nitrogens with zero attached hydrogens (tertiary/aromatic N) is 1. The molecule has 0 saturated heterocycles. The largest absolute Gasteiger partial charge is 0.355 e. The summed E-state index contributed by atoms with van der Waals surface area (Å²) in [7, 11) is 0. The summed E-state index contributed by atoms with van der Waals surface area (Å²) in [6.07, 6.45) is 6.21. The maximum Gasteiger partial charge on any atom is 0.191 e. The number of hydrogen-bond acceptors (Lipinski definition) is 4. The van der Waals surface area contributed by atoms with E-state index in [4.69, 9.17) is 0 Å². The predicted molar refractivity (Wildman–Crippen MR) is 58.4 cm³/mol. The monoisotopic (exact) mass is 199 g/mol. The van der Waals surface area contributed by atoms with Gasteiger partial charge in [0.25, 0.3) is 0 Å². The second kappa shape index (κ2) is 4.22. The van der Waals surface area contributed by atoms with Crippen LogP contribution in [0.1, 0.15) is 19.3 Å². The average molecular weight is 199 g/mol. The van der Waals surface area contributed by atoms with E-state index in [0.29, 0.717) is 6.04 Å². The first-order chi connectivity index (χ1) is 6.40. The number of hydrogen-bond donors (Lipinski definition) is 2. The average Bonchev–Trinajstić information content (AvgIpc) is 2.76. The molecule has 2 unspecified atom stereocenters. The minimum atomic E-state index is 0.638. The van der Waals surface area contributed by atoms with Gasteiger partial charge in [0.15, 0.2) is 5.96 Å². The van der Waals surface area contributed by atoms with E-state index in [1.54, 1.807) is 0 Å². The first-order valence-electron chi connectivity index (χ1n) is 4.98. The van der Waals surface area contributed by atoms with Crippen molar-refractivity contribution in [1.82, 2.24) is 10.6 Å². The summed E-state index contributed by atoms with van der Waals surface area (Å²) in [4.78, 5) is 4.35. The third-order valence-corrected chi connectivity index (χ3v) is 3.92. The highest BCUT2D eigenvalue weighted by atomic mass is 32.2. The molecule has 1 aliphatic carbocycles. The van der Waals surface area contributed by atoms with E-state index in [9.17, 15) is 0 Å². The molecule has 4 heteroatoms. The van der Waals surface area contributed by atoms with Crippen LogP contribution in [0.25, 0.3) is 0 Å². The summed E-state index contributed by atoms with van der Waals surface area (Å²) < 4.78 is 0. The van der Waals surface area contributed by atoms with Crippen molar-refractivity contribution >= 4 is 17.7 Å². The fourth-order valence-corrected chi connectivity index (χ4v) is 2.98. The molecular weight excluding hydrogens is 182 g/mol. The molecule has 0 aromatic carbocycles. The molecule has 0 radical (unpaired) electrons. The molecule has 1 fully saturated rings. The van der Waals surface area contributed by atoms with Crippen molar-refractivity contribution in [3.63, 3.8) is 0 Å². The topological polar surface area (TPSA) is 36.4 Å². The van der Waals surface area contributed by atoms with Crippen LogP contribution in [0.4, 0.5) is 0 Å². The molecule has 74 valence electrons. The van der Waals surface area contributed by atoms with Crippen LogP contribution in [0, 0.1) is 0 Å². The maximum absolute atomic E-state index is 4.35. The number of nitrogens with one attached hydrogen (secondary N) is 2. The predicted octanol–water partition coefficient (Wildman–Crippen LogP) is 0.819. The van der Waals surface area contributed by atoms with Crippen LogP contribution < -0.4 is 10.6 Å². The van der Waals surface area contributed by atoms with Crippen LogP contribution in [-0.2, 0) is 0 Å². The molecule has 1 aliphatic heterocycles. The van der Waals surface area contributed by atoms with Crippen LogP contribution in [0.2, 0.25) is 0 Å². The Bertz CT molecular complexity index is 205. The molecule has 13 heavy (non-hydrogen) atoms. The SMILES string of the molecule is CSC1CCCC1NC1=NCCN1. The van der Waals surface area contributed by atoms with Crippen molar-refractivity contribution in [3.05, 3.63) is 0 Å². The van der Waals surface area contributed by atoms with Gasteiger partial charge in [0, 0.05) is 17.8 Å². The van der Waals surface area contributed by atoms with E-state index in [1.165, 1.54) is 19.3 Å². The van der Waals surface area contributed by atoms with Gasteiger partial charge >= 0.3 is 0 Å². The molecule has 0 aromatic heterocycles. The zero-order valence-corrected chi connectivity index (χ0v) is 8.86. The summed E-state index contributed by atoms with van der Waals surface area (Å²) in [6.45, 7) is 1.93. The summed E-state index contributed by atoms with van der Waals surface area (Å²) in [5.41, 5.74) is 0. The molecule has 1 heterocycles. The van der Waals surface area contributed by atoms with Crippen LogP contribution >= 0.6 is 11.8 Å². The molecule has 1 saturated carbocycles. The van der Waals surface area contributed by atoms with Gasteiger partial charge in [0.05, 0.1) is 6.54 Å². The molecular formula is C9H17N3S. The first kappa shape index (κ1) is 9.19. The van der Waals surface area contributed by atoms with Gasteiger partial charge in [-0.2, -0.15) is 11.8 Å². The number of aliphatic imine (C=N–C) groups is 1. The molecule has 2 aliphatic rings. The third kappa shape index (κ3) is 2.10.